The number of ether oxygens (including phenoxy) is 3. The number of benzene rings is 1. The summed E-state index contributed by atoms with van der Waals surface area (Å²) >= 11 is 0. The van der Waals surface area contributed by atoms with Crippen molar-refractivity contribution in [1.29, 1.82) is 0 Å². The number of nitrogens with zero attached hydrogens (tertiary/aromatic N) is 4. The first-order valence-corrected chi connectivity index (χ1v) is 9.84. The minimum atomic E-state index is -0.988. The topological polar surface area (TPSA) is 117 Å². The highest BCUT2D eigenvalue weighted by Gasteiger charge is 2.50. The Morgan fingerprint density at radius 1 is 1.09 bits per heavy atom. The lowest BCUT2D eigenvalue weighted by atomic mass is 10.1. The maximum Gasteiger partial charge on any atom is 0.303 e. The number of esters is 2. The number of fused-ring (bicyclic) bond motifs is 1. The van der Waals surface area contributed by atoms with E-state index in [1.54, 1.807) is 4.57 Å². The summed E-state index contributed by atoms with van der Waals surface area (Å²) in [5.41, 5.74) is 2.87. The fraction of sp³-hybridized carbons (Fsp3) is 0.318. The predicted octanol–water partition coefficient (Wildman–Crippen LogP) is 2.27. The molecule has 2 aromatic heterocycles. The summed E-state index contributed by atoms with van der Waals surface area (Å²) in [7, 11) is 0. The second-order valence-electron chi connectivity index (χ2n) is 7.30. The molecular formula is C22H21N5O5. The van der Waals surface area contributed by atoms with Gasteiger partial charge < -0.3 is 19.5 Å². The summed E-state index contributed by atoms with van der Waals surface area (Å²) in [6.45, 7) is 4.50. The van der Waals surface area contributed by atoms with E-state index in [1.165, 1.54) is 26.5 Å². The second-order valence-corrected chi connectivity index (χ2v) is 7.30. The standard InChI is InChI=1S/C22H21N5O5/c1-5-16-18(30-13(3)28)19(31-14(4)29)22(32-16)27-11-25-17-20(23-10-24-21(17)27)26-15-8-6-12(2)7-9-15/h1,6-11,16,18-19,22H,2-4H3,(H,23,24,26)/t16-,18+,19-,22-/m1/s1. The van der Waals surface area contributed by atoms with Gasteiger partial charge in [0, 0.05) is 19.5 Å². The van der Waals surface area contributed by atoms with Crippen molar-refractivity contribution in [2.45, 2.75) is 45.3 Å². The van der Waals surface area contributed by atoms with E-state index in [4.69, 9.17) is 20.6 Å². The number of terminal acetylenes is 1. The van der Waals surface area contributed by atoms with Crippen molar-refractivity contribution in [2.24, 2.45) is 0 Å². The number of carbonyl (C=O) groups is 2. The highest BCUT2D eigenvalue weighted by molar-refractivity contribution is 5.85. The lowest BCUT2D eigenvalue weighted by Crippen LogP contribution is -2.38. The smallest absolute Gasteiger partial charge is 0.303 e. The van der Waals surface area contributed by atoms with Gasteiger partial charge in [-0.15, -0.1) is 6.42 Å². The molecule has 1 fully saturated rings. The minimum Gasteiger partial charge on any atom is -0.455 e. The van der Waals surface area contributed by atoms with E-state index in [0.29, 0.717) is 17.0 Å². The zero-order valence-corrected chi connectivity index (χ0v) is 17.7. The van der Waals surface area contributed by atoms with Gasteiger partial charge in [-0.05, 0) is 19.1 Å². The maximum atomic E-state index is 11.8. The quantitative estimate of drug-likeness (QED) is 0.476. The van der Waals surface area contributed by atoms with Crippen molar-refractivity contribution in [3.05, 3.63) is 42.5 Å². The Morgan fingerprint density at radius 3 is 2.44 bits per heavy atom. The molecule has 1 N–H and O–H groups in total. The summed E-state index contributed by atoms with van der Waals surface area (Å²) < 4.78 is 18.2. The number of carbonyl (C=O) groups excluding carboxylic acids is 2. The van der Waals surface area contributed by atoms with Crippen molar-refractivity contribution in [1.82, 2.24) is 19.5 Å². The third kappa shape index (κ3) is 4.10. The van der Waals surface area contributed by atoms with Gasteiger partial charge in [-0.25, -0.2) is 15.0 Å². The Hall–Kier alpha value is -3.97. The first-order valence-electron chi connectivity index (χ1n) is 9.84. The molecule has 4 atom stereocenters. The Labute approximate surface area is 183 Å². The van der Waals surface area contributed by atoms with Crippen molar-refractivity contribution in [3.8, 4) is 12.3 Å². The highest BCUT2D eigenvalue weighted by atomic mass is 16.6. The van der Waals surface area contributed by atoms with Crippen LogP contribution in [0.15, 0.2) is 36.9 Å². The van der Waals surface area contributed by atoms with Crippen LogP contribution in [0.5, 0.6) is 0 Å². The number of hydrogen-bond acceptors (Lipinski definition) is 9. The first-order chi connectivity index (χ1) is 15.4. The van der Waals surface area contributed by atoms with Gasteiger partial charge in [0.05, 0.1) is 6.33 Å². The molecule has 3 heterocycles. The predicted molar refractivity (Wildman–Crippen MR) is 114 cm³/mol. The van der Waals surface area contributed by atoms with Crippen LogP contribution in [0.2, 0.25) is 0 Å². The van der Waals surface area contributed by atoms with Crippen LogP contribution in [0.3, 0.4) is 0 Å². The van der Waals surface area contributed by atoms with Gasteiger partial charge >= 0.3 is 11.9 Å². The van der Waals surface area contributed by atoms with Crippen molar-refractivity contribution >= 4 is 34.6 Å². The Morgan fingerprint density at radius 2 is 1.78 bits per heavy atom. The number of imidazole rings is 1. The number of aromatic nitrogens is 4. The van der Waals surface area contributed by atoms with Gasteiger partial charge in [-0.3, -0.25) is 14.2 Å². The third-order valence-electron chi connectivity index (χ3n) is 4.90. The van der Waals surface area contributed by atoms with Crippen LogP contribution in [-0.2, 0) is 23.8 Å². The average molecular weight is 435 g/mol. The molecule has 1 saturated heterocycles. The molecule has 0 bridgehead atoms. The SMILES string of the molecule is C#C[C@H]1O[C@@H](n2cnc3c(Nc4ccc(C)cc4)ncnc32)[C@H](OC(C)=O)[C@H]1OC(C)=O. The number of hydrogen-bond donors (Lipinski definition) is 1. The summed E-state index contributed by atoms with van der Waals surface area (Å²) in [5, 5.41) is 3.22. The Kier molecular flexibility index (Phi) is 5.75. The molecular weight excluding hydrogens is 414 g/mol. The molecule has 10 nitrogen and oxygen atoms in total. The molecule has 0 saturated carbocycles. The average Bonchev–Trinajstić information content (AvgIpc) is 3.31. The van der Waals surface area contributed by atoms with E-state index in [1.807, 2.05) is 31.2 Å². The summed E-state index contributed by atoms with van der Waals surface area (Å²) in [5.74, 6) is 1.79. The van der Waals surface area contributed by atoms with E-state index in [0.717, 1.165) is 11.3 Å². The molecule has 3 aromatic rings. The molecule has 0 spiro atoms. The molecule has 4 rings (SSSR count). The monoisotopic (exact) mass is 435 g/mol. The minimum absolute atomic E-state index is 0.427. The molecule has 164 valence electrons. The lowest BCUT2D eigenvalue weighted by Gasteiger charge is -2.23. The molecule has 10 heteroatoms. The van der Waals surface area contributed by atoms with Crippen LogP contribution in [0.1, 0.15) is 25.6 Å². The normalized spacial score (nSPS) is 22.3. The van der Waals surface area contributed by atoms with Gasteiger partial charge in [-0.1, -0.05) is 23.6 Å². The fourth-order valence-corrected chi connectivity index (χ4v) is 3.54. The van der Waals surface area contributed by atoms with Crippen LogP contribution in [0, 0.1) is 19.3 Å². The Balaban J connectivity index is 1.71. The van der Waals surface area contributed by atoms with Gasteiger partial charge in [0.2, 0.25) is 0 Å². The van der Waals surface area contributed by atoms with Crippen LogP contribution < -0.4 is 5.32 Å². The van der Waals surface area contributed by atoms with Crippen LogP contribution in [0.4, 0.5) is 11.5 Å². The van der Waals surface area contributed by atoms with Gasteiger partial charge in [0.25, 0.3) is 0 Å². The van der Waals surface area contributed by atoms with E-state index in [2.05, 4.69) is 26.2 Å². The molecule has 0 amide bonds. The number of nitrogens with one attached hydrogen (secondary N) is 1. The second kappa shape index (κ2) is 8.64. The first kappa shape index (κ1) is 21.3. The van der Waals surface area contributed by atoms with Gasteiger partial charge in [-0.2, -0.15) is 0 Å². The summed E-state index contributed by atoms with van der Waals surface area (Å²) in [6.07, 6.45) is 4.66. The molecule has 32 heavy (non-hydrogen) atoms. The Bertz CT molecular complexity index is 1200. The molecule has 0 unspecified atom stereocenters. The number of rotatable bonds is 5. The van der Waals surface area contributed by atoms with E-state index in [9.17, 15) is 9.59 Å². The van der Waals surface area contributed by atoms with Gasteiger partial charge in [0.1, 0.15) is 6.33 Å². The molecule has 1 aliphatic rings. The molecule has 0 aliphatic carbocycles. The molecule has 1 aromatic carbocycles. The van der Waals surface area contributed by atoms with Crippen molar-refractivity contribution in [2.75, 3.05) is 5.32 Å². The van der Waals surface area contributed by atoms with Gasteiger partial charge in [0.15, 0.2) is 41.5 Å². The molecule has 1 aliphatic heterocycles. The van der Waals surface area contributed by atoms with E-state index in [-0.39, 0.29) is 0 Å². The van der Waals surface area contributed by atoms with E-state index >= 15 is 0 Å². The third-order valence-corrected chi connectivity index (χ3v) is 4.90. The summed E-state index contributed by atoms with van der Waals surface area (Å²) in [4.78, 5) is 36.4. The largest absolute Gasteiger partial charge is 0.455 e. The zero-order valence-electron chi connectivity index (χ0n) is 17.7. The van der Waals surface area contributed by atoms with Crippen LogP contribution in [0.25, 0.3) is 11.2 Å². The zero-order chi connectivity index (χ0) is 22.8. The van der Waals surface area contributed by atoms with Crippen LogP contribution >= 0.6 is 0 Å². The maximum absolute atomic E-state index is 11.8. The fourth-order valence-electron chi connectivity index (χ4n) is 3.54. The van der Waals surface area contributed by atoms with Crippen molar-refractivity contribution < 1.29 is 23.8 Å². The summed E-state index contributed by atoms with van der Waals surface area (Å²) in [6, 6.07) is 7.81. The number of aryl methyl sites for hydroxylation is 1. The van der Waals surface area contributed by atoms with Crippen LogP contribution in [-0.4, -0.2) is 49.8 Å². The number of anilines is 2. The van der Waals surface area contributed by atoms with E-state index < -0.39 is 36.5 Å². The highest BCUT2D eigenvalue weighted by Crippen LogP contribution is 2.36. The molecule has 0 radical (unpaired) electrons. The van der Waals surface area contributed by atoms with Crippen molar-refractivity contribution in [3.63, 3.8) is 0 Å². The lowest BCUT2D eigenvalue weighted by molar-refractivity contribution is -0.165.